The van der Waals surface area contributed by atoms with Crippen LogP contribution in [0.1, 0.15) is 11.4 Å². The van der Waals surface area contributed by atoms with Gasteiger partial charge in [-0.3, -0.25) is 10.4 Å². The number of nitrogens with one attached hydrogen (secondary N) is 2. The molecule has 0 atom stereocenters. The average Bonchev–Trinajstić information content (AvgIpc) is 2.44. The van der Waals surface area contributed by atoms with Gasteiger partial charge in [-0.25, -0.2) is 10.8 Å². The Kier molecular flexibility index (Phi) is 4.47. The highest BCUT2D eigenvalue weighted by Gasteiger charge is 1.98. The lowest BCUT2D eigenvalue weighted by atomic mass is 10.3. The first-order valence-corrected chi connectivity index (χ1v) is 6.03. The number of nitrogens with zero attached hydrogens (tertiary/aromatic N) is 2. The van der Waals surface area contributed by atoms with Gasteiger partial charge >= 0.3 is 0 Å². The van der Waals surface area contributed by atoms with Gasteiger partial charge in [-0.15, -0.1) is 0 Å². The molecule has 0 aliphatic rings. The number of hydrazine groups is 1. The summed E-state index contributed by atoms with van der Waals surface area (Å²) >= 11 is 0. The molecule has 98 valence electrons. The molecule has 0 aliphatic carbocycles. The molecule has 0 amide bonds. The Balaban J connectivity index is 2.03. The van der Waals surface area contributed by atoms with Crippen LogP contribution in [0.3, 0.4) is 0 Å². The number of pyridine rings is 1. The van der Waals surface area contributed by atoms with Gasteiger partial charge in [0.05, 0.1) is 12.2 Å². The second kappa shape index (κ2) is 6.51. The third-order valence-corrected chi connectivity index (χ3v) is 2.52. The Hall–Kier alpha value is -2.40. The first kappa shape index (κ1) is 13.0. The maximum Gasteiger partial charge on any atom is 0.210 e. The van der Waals surface area contributed by atoms with Crippen LogP contribution in [0.4, 0.5) is 5.69 Å². The zero-order valence-electron chi connectivity index (χ0n) is 10.8. The van der Waals surface area contributed by atoms with Crippen molar-refractivity contribution in [2.24, 2.45) is 10.8 Å². The Bertz CT molecular complexity index is 551. The average molecular weight is 255 g/mol. The van der Waals surface area contributed by atoms with Crippen LogP contribution in [0.2, 0.25) is 0 Å². The lowest BCUT2D eigenvalue weighted by Gasteiger charge is -2.08. The lowest BCUT2D eigenvalue weighted by molar-refractivity contribution is 0.930. The molecule has 0 unspecified atom stereocenters. The minimum absolute atomic E-state index is 0.473. The van der Waals surface area contributed by atoms with Crippen LogP contribution in [0.5, 0.6) is 0 Å². The van der Waals surface area contributed by atoms with Gasteiger partial charge < -0.3 is 5.32 Å². The molecule has 4 N–H and O–H groups in total. The molecule has 0 bridgehead atoms. The molecule has 0 radical (unpaired) electrons. The maximum absolute atomic E-state index is 5.45. The molecule has 0 saturated heterocycles. The molecule has 5 nitrogen and oxygen atoms in total. The minimum atomic E-state index is 0.473. The highest BCUT2D eigenvalue weighted by Crippen LogP contribution is 2.05. The first-order chi connectivity index (χ1) is 9.28. The van der Waals surface area contributed by atoms with Gasteiger partial charge in [0.2, 0.25) is 5.96 Å². The van der Waals surface area contributed by atoms with Gasteiger partial charge in [0.25, 0.3) is 0 Å². The molecule has 0 aliphatic heterocycles. The Morgan fingerprint density at radius 1 is 1.16 bits per heavy atom. The predicted octanol–water partition coefficient (Wildman–Crippen LogP) is 1.82. The third kappa shape index (κ3) is 4.08. The third-order valence-electron chi connectivity index (χ3n) is 2.52. The monoisotopic (exact) mass is 255 g/mol. The van der Waals surface area contributed by atoms with E-state index >= 15 is 0 Å². The Morgan fingerprint density at radius 2 is 1.95 bits per heavy atom. The predicted molar refractivity (Wildman–Crippen MR) is 77.5 cm³/mol. The topological polar surface area (TPSA) is 75.3 Å². The van der Waals surface area contributed by atoms with Crippen molar-refractivity contribution in [2.75, 3.05) is 5.32 Å². The van der Waals surface area contributed by atoms with Gasteiger partial charge in [-0.2, -0.15) is 0 Å². The summed E-state index contributed by atoms with van der Waals surface area (Å²) in [7, 11) is 0. The molecule has 1 heterocycles. The van der Waals surface area contributed by atoms with Crippen molar-refractivity contribution >= 4 is 11.6 Å². The molecule has 2 aromatic rings. The maximum atomic E-state index is 5.45. The lowest BCUT2D eigenvalue weighted by Crippen LogP contribution is -2.36. The number of aliphatic imine (C=N–C) groups is 1. The number of benzene rings is 1. The van der Waals surface area contributed by atoms with E-state index in [4.69, 9.17) is 5.84 Å². The van der Waals surface area contributed by atoms with Crippen LogP contribution in [0, 0.1) is 6.92 Å². The standard InChI is InChI=1S/C14H17N5/c1-11-6-5-9-13(17-11)10-16-14(19-15)18-12-7-3-2-4-8-12/h2-9H,10,15H2,1H3,(H2,16,18,19). The zero-order valence-corrected chi connectivity index (χ0v) is 10.8. The van der Waals surface area contributed by atoms with Crippen LogP contribution >= 0.6 is 0 Å². The molecular formula is C14H17N5. The smallest absolute Gasteiger partial charge is 0.210 e. The van der Waals surface area contributed by atoms with Crippen molar-refractivity contribution in [3.8, 4) is 0 Å². The highest BCUT2D eigenvalue weighted by atomic mass is 15.3. The van der Waals surface area contributed by atoms with Crippen molar-refractivity contribution in [3.05, 3.63) is 59.9 Å². The van der Waals surface area contributed by atoms with Crippen LogP contribution in [0.25, 0.3) is 0 Å². The molecule has 0 spiro atoms. The van der Waals surface area contributed by atoms with Crippen molar-refractivity contribution in [3.63, 3.8) is 0 Å². The highest BCUT2D eigenvalue weighted by molar-refractivity contribution is 5.93. The number of rotatable bonds is 3. The summed E-state index contributed by atoms with van der Waals surface area (Å²) in [5, 5.41) is 3.10. The van der Waals surface area contributed by atoms with Crippen LogP contribution < -0.4 is 16.6 Å². The fraction of sp³-hybridized carbons (Fsp3) is 0.143. The van der Waals surface area contributed by atoms with Crippen molar-refractivity contribution < 1.29 is 0 Å². The summed E-state index contributed by atoms with van der Waals surface area (Å²) in [6.07, 6.45) is 0. The van der Waals surface area contributed by atoms with Crippen molar-refractivity contribution in [1.29, 1.82) is 0 Å². The Labute approximate surface area is 112 Å². The normalized spacial score (nSPS) is 11.2. The zero-order chi connectivity index (χ0) is 13.5. The van der Waals surface area contributed by atoms with Gasteiger partial charge in [0, 0.05) is 11.4 Å². The molecule has 1 aromatic carbocycles. The van der Waals surface area contributed by atoms with E-state index in [0.717, 1.165) is 17.1 Å². The molecule has 5 heteroatoms. The summed E-state index contributed by atoms with van der Waals surface area (Å²) in [4.78, 5) is 8.74. The van der Waals surface area contributed by atoms with Gasteiger partial charge in [-0.1, -0.05) is 24.3 Å². The van der Waals surface area contributed by atoms with Crippen LogP contribution in [0.15, 0.2) is 53.5 Å². The fourth-order valence-electron chi connectivity index (χ4n) is 1.63. The Morgan fingerprint density at radius 3 is 2.63 bits per heavy atom. The van der Waals surface area contributed by atoms with E-state index in [2.05, 4.69) is 20.7 Å². The van der Waals surface area contributed by atoms with E-state index in [0.29, 0.717) is 12.5 Å². The molecule has 1 aromatic heterocycles. The first-order valence-electron chi connectivity index (χ1n) is 6.03. The number of para-hydroxylation sites is 1. The quantitative estimate of drug-likeness (QED) is 0.338. The van der Waals surface area contributed by atoms with E-state index in [1.807, 2.05) is 55.5 Å². The fourth-order valence-corrected chi connectivity index (χ4v) is 1.63. The van der Waals surface area contributed by atoms with Crippen LogP contribution in [-0.2, 0) is 6.54 Å². The second-order valence-corrected chi connectivity index (χ2v) is 4.07. The summed E-state index contributed by atoms with van der Waals surface area (Å²) in [6.45, 7) is 2.43. The van der Waals surface area contributed by atoms with Crippen molar-refractivity contribution in [1.82, 2.24) is 10.4 Å². The second-order valence-electron chi connectivity index (χ2n) is 4.07. The van der Waals surface area contributed by atoms with Crippen molar-refractivity contribution in [2.45, 2.75) is 13.5 Å². The molecule has 0 saturated carbocycles. The SMILES string of the molecule is Cc1cccc(CN=C(NN)Nc2ccccc2)n1. The number of aromatic nitrogens is 1. The molecule has 2 rings (SSSR count). The number of aryl methyl sites for hydroxylation is 1. The number of hydrogen-bond donors (Lipinski definition) is 3. The molecule has 19 heavy (non-hydrogen) atoms. The minimum Gasteiger partial charge on any atom is -0.325 e. The summed E-state index contributed by atoms with van der Waals surface area (Å²) in [5.41, 5.74) is 5.36. The van der Waals surface area contributed by atoms with E-state index in [-0.39, 0.29) is 0 Å². The number of hydrogen-bond acceptors (Lipinski definition) is 3. The van der Waals surface area contributed by atoms with E-state index in [1.165, 1.54) is 0 Å². The van der Waals surface area contributed by atoms with Gasteiger partial charge in [-0.05, 0) is 31.2 Å². The molecular weight excluding hydrogens is 238 g/mol. The van der Waals surface area contributed by atoms with E-state index in [1.54, 1.807) is 0 Å². The van der Waals surface area contributed by atoms with Gasteiger partial charge in [0.1, 0.15) is 0 Å². The van der Waals surface area contributed by atoms with Crippen LogP contribution in [-0.4, -0.2) is 10.9 Å². The summed E-state index contributed by atoms with van der Waals surface area (Å²) < 4.78 is 0. The van der Waals surface area contributed by atoms with E-state index < -0.39 is 0 Å². The summed E-state index contributed by atoms with van der Waals surface area (Å²) in [6, 6.07) is 15.6. The summed E-state index contributed by atoms with van der Waals surface area (Å²) in [5.74, 6) is 5.96. The van der Waals surface area contributed by atoms with Gasteiger partial charge in [0.15, 0.2) is 0 Å². The number of nitrogens with two attached hydrogens (primary N) is 1. The van der Waals surface area contributed by atoms with E-state index in [9.17, 15) is 0 Å². The number of anilines is 1. The molecule has 0 fully saturated rings. The number of guanidine groups is 1. The largest absolute Gasteiger partial charge is 0.325 e.